The van der Waals surface area contributed by atoms with Crippen LogP contribution in [0.1, 0.15) is 47.4 Å². The van der Waals surface area contributed by atoms with Gasteiger partial charge in [0.15, 0.2) is 0 Å². The lowest BCUT2D eigenvalue weighted by molar-refractivity contribution is 0.311. The second kappa shape index (κ2) is 7.48. The van der Waals surface area contributed by atoms with Gasteiger partial charge in [0, 0.05) is 0 Å². The van der Waals surface area contributed by atoms with Crippen LogP contribution in [0.3, 0.4) is 0 Å². The van der Waals surface area contributed by atoms with E-state index in [2.05, 4.69) is 55.5 Å². The van der Waals surface area contributed by atoms with Crippen LogP contribution in [0.5, 0.6) is 11.5 Å². The number of hydrogen-bond donors (Lipinski definition) is 2. The van der Waals surface area contributed by atoms with E-state index >= 15 is 0 Å². The van der Waals surface area contributed by atoms with Crippen molar-refractivity contribution in [2.75, 3.05) is 0 Å². The quantitative estimate of drug-likeness (QED) is 0.620. The first-order valence-corrected chi connectivity index (χ1v) is 9.80. The SMILES string of the molecule is CCC1C(c2ccc(O)cc2)Cc2ccc(O)cc2C1Cc1ccccc1. The fourth-order valence-electron chi connectivity index (χ4n) is 4.80. The third-order valence-corrected chi connectivity index (χ3v) is 6.09. The molecule has 0 amide bonds. The van der Waals surface area contributed by atoms with E-state index in [9.17, 15) is 10.2 Å². The summed E-state index contributed by atoms with van der Waals surface area (Å²) in [6, 6.07) is 24.2. The lowest BCUT2D eigenvalue weighted by atomic mass is 9.64. The molecule has 27 heavy (non-hydrogen) atoms. The van der Waals surface area contributed by atoms with Crippen molar-refractivity contribution < 1.29 is 10.2 Å². The molecule has 1 aliphatic carbocycles. The van der Waals surface area contributed by atoms with Crippen molar-refractivity contribution in [2.24, 2.45) is 5.92 Å². The number of fused-ring (bicyclic) bond motifs is 1. The minimum Gasteiger partial charge on any atom is -0.508 e. The van der Waals surface area contributed by atoms with Crippen LogP contribution in [-0.4, -0.2) is 10.2 Å². The molecule has 2 N–H and O–H groups in total. The lowest BCUT2D eigenvalue weighted by Crippen LogP contribution is -2.29. The maximum Gasteiger partial charge on any atom is 0.115 e. The molecule has 3 aromatic carbocycles. The van der Waals surface area contributed by atoms with Gasteiger partial charge in [-0.25, -0.2) is 0 Å². The summed E-state index contributed by atoms with van der Waals surface area (Å²) < 4.78 is 0. The van der Waals surface area contributed by atoms with Crippen LogP contribution in [0.2, 0.25) is 0 Å². The molecule has 0 saturated carbocycles. The monoisotopic (exact) mass is 358 g/mol. The van der Waals surface area contributed by atoms with Crippen molar-refractivity contribution in [3.63, 3.8) is 0 Å². The van der Waals surface area contributed by atoms with Crippen molar-refractivity contribution >= 4 is 0 Å². The summed E-state index contributed by atoms with van der Waals surface area (Å²) >= 11 is 0. The molecule has 3 unspecified atom stereocenters. The van der Waals surface area contributed by atoms with E-state index in [1.165, 1.54) is 22.3 Å². The van der Waals surface area contributed by atoms with Gasteiger partial charge in [0.05, 0.1) is 0 Å². The average molecular weight is 358 g/mol. The van der Waals surface area contributed by atoms with Crippen molar-refractivity contribution in [3.8, 4) is 11.5 Å². The lowest BCUT2D eigenvalue weighted by Gasteiger charge is -2.40. The van der Waals surface area contributed by atoms with E-state index < -0.39 is 0 Å². The van der Waals surface area contributed by atoms with Crippen LogP contribution in [0.4, 0.5) is 0 Å². The van der Waals surface area contributed by atoms with Crippen molar-refractivity contribution in [1.82, 2.24) is 0 Å². The van der Waals surface area contributed by atoms with Gasteiger partial charge in [-0.3, -0.25) is 0 Å². The fraction of sp³-hybridized carbons (Fsp3) is 0.280. The van der Waals surface area contributed by atoms with Crippen molar-refractivity contribution in [3.05, 3.63) is 95.1 Å². The molecule has 0 fully saturated rings. The third-order valence-electron chi connectivity index (χ3n) is 6.09. The first-order chi connectivity index (χ1) is 13.2. The highest BCUT2D eigenvalue weighted by atomic mass is 16.3. The molecule has 0 aromatic heterocycles. The molecular formula is C25H26O2. The molecular weight excluding hydrogens is 332 g/mol. The highest BCUT2D eigenvalue weighted by molar-refractivity contribution is 5.43. The summed E-state index contributed by atoms with van der Waals surface area (Å²) in [5, 5.41) is 19.8. The average Bonchev–Trinajstić information content (AvgIpc) is 2.69. The first-order valence-electron chi connectivity index (χ1n) is 9.80. The topological polar surface area (TPSA) is 40.5 Å². The molecule has 2 nitrogen and oxygen atoms in total. The van der Waals surface area contributed by atoms with E-state index in [-0.39, 0.29) is 0 Å². The smallest absolute Gasteiger partial charge is 0.115 e. The van der Waals surface area contributed by atoms with Gasteiger partial charge in [-0.1, -0.05) is 61.9 Å². The molecule has 3 atom stereocenters. The molecule has 1 aliphatic rings. The van der Waals surface area contributed by atoms with Gasteiger partial charge in [0.25, 0.3) is 0 Å². The Hall–Kier alpha value is -2.74. The number of benzene rings is 3. The zero-order valence-corrected chi connectivity index (χ0v) is 15.7. The minimum atomic E-state index is 0.314. The first kappa shape index (κ1) is 17.7. The van der Waals surface area contributed by atoms with Gasteiger partial charge in [0.2, 0.25) is 0 Å². The molecule has 0 heterocycles. The van der Waals surface area contributed by atoms with Gasteiger partial charge in [-0.2, -0.15) is 0 Å². The summed E-state index contributed by atoms with van der Waals surface area (Å²) in [7, 11) is 0. The van der Waals surface area contributed by atoms with Gasteiger partial charge in [-0.15, -0.1) is 0 Å². The van der Waals surface area contributed by atoms with E-state index in [0.29, 0.717) is 29.3 Å². The number of aromatic hydroxyl groups is 2. The molecule has 0 saturated heterocycles. The zero-order chi connectivity index (χ0) is 18.8. The third kappa shape index (κ3) is 3.57. The Labute approximate surface area is 161 Å². The molecule has 0 bridgehead atoms. The second-order valence-electron chi connectivity index (χ2n) is 7.65. The van der Waals surface area contributed by atoms with Crippen LogP contribution < -0.4 is 0 Å². The predicted octanol–water partition coefficient (Wildman–Crippen LogP) is 5.79. The number of hydrogen-bond acceptors (Lipinski definition) is 2. The Kier molecular flexibility index (Phi) is 4.89. The van der Waals surface area contributed by atoms with Crippen LogP contribution in [0, 0.1) is 5.92 Å². The van der Waals surface area contributed by atoms with E-state index in [1.54, 1.807) is 18.2 Å². The Bertz CT molecular complexity index is 899. The van der Waals surface area contributed by atoms with E-state index in [4.69, 9.17) is 0 Å². The summed E-state index contributed by atoms with van der Waals surface area (Å²) in [5.41, 5.74) is 5.25. The van der Waals surface area contributed by atoms with Gasteiger partial charge in [0.1, 0.15) is 11.5 Å². The summed E-state index contributed by atoms with van der Waals surface area (Å²) in [4.78, 5) is 0. The Morgan fingerprint density at radius 3 is 2.26 bits per heavy atom. The zero-order valence-electron chi connectivity index (χ0n) is 15.7. The molecule has 2 heteroatoms. The van der Waals surface area contributed by atoms with Crippen molar-refractivity contribution in [2.45, 2.75) is 38.0 Å². The maximum absolute atomic E-state index is 10.1. The van der Waals surface area contributed by atoms with Crippen LogP contribution in [-0.2, 0) is 12.8 Å². The highest BCUT2D eigenvalue weighted by Gasteiger charge is 2.36. The maximum atomic E-state index is 10.1. The summed E-state index contributed by atoms with van der Waals surface area (Å²) in [6.07, 6.45) is 3.03. The number of phenols is 2. The summed E-state index contributed by atoms with van der Waals surface area (Å²) in [6.45, 7) is 2.27. The fourth-order valence-corrected chi connectivity index (χ4v) is 4.80. The van der Waals surface area contributed by atoms with Crippen LogP contribution in [0.25, 0.3) is 0 Å². The standard InChI is InChI=1S/C25H26O2/c1-2-22-23(18-8-11-20(26)12-9-18)15-19-10-13-21(27)16-24(19)25(22)14-17-6-4-3-5-7-17/h3-13,16,22-23,25-27H,2,14-15H2,1H3. The normalized spacial score (nSPS) is 21.6. The molecule has 4 rings (SSSR count). The van der Waals surface area contributed by atoms with Crippen molar-refractivity contribution in [1.29, 1.82) is 0 Å². The number of phenolic OH excluding ortho intramolecular Hbond substituents is 2. The van der Waals surface area contributed by atoms with Gasteiger partial charge >= 0.3 is 0 Å². The summed E-state index contributed by atoms with van der Waals surface area (Å²) in [5.74, 6) is 1.94. The van der Waals surface area contributed by atoms with Gasteiger partial charge < -0.3 is 10.2 Å². The minimum absolute atomic E-state index is 0.314. The Balaban J connectivity index is 1.78. The predicted molar refractivity (Wildman–Crippen MR) is 109 cm³/mol. The largest absolute Gasteiger partial charge is 0.508 e. The Morgan fingerprint density at radius 2 is 1.56 bits per heavy atom. The molecule has 0 spiro atoms. The van der Waals surface area contributed by atoms with Gasteiger partial charge in [-0.05, 0) is 77.1 Å². The number of rotatable bonds is 4. The molecule has 0 radical (unpaired) electrons. The highest BCUT2D eigenvalue weighted by Crippen LogP contribution is 2.48. The van der Waals surface area contributed by atoms with E-state index in [0.717, 1.165) is 19.3 Å². The second-order valence-corrected chi connectivity index (χ2v) is 7.65. The van der Waals surface area contributed by atoms with Crippen LogP contribution >= 0.6 is 0 Å². The molecule has 138 valence electrons. The molecule has 0 aliphatic heterocycles. The van der Waals surface area contributed by atoms with Crippen LogP contribution in [0.15, 0.2) is 72.8 Å². The molecule has 3 aromatic rings. The van der Waals surface area contributed by atoms with E-state index in [1.807, 2.05) is 6.07 Å². The Morgan fingerprint density at radius 1 is 0.852 bits per heavy atom.